The molecule has 0 radical (unpaired) electrons. The van der Waals surface area contributed by atoms with Crippen molar-refractivity contribution < 1.29 is 14.4 Å². The zero-order chi connectivity index (χ0) is 26.3. The minimum atomic E-state index is -1.03. The number of rotatable bonds is 10. The van der Waals surface area contributed by atoms with Crippen molar-refractivity contribution in [1.29, 1.82) is 0 Å². The highest BCUT2D eigenvalue weighted by molar-refractivity contribution is 7.99. The number of fused-ring (bicyclic) bond motifs is 2. The fourth-order valence-corrected chi connectivity index (χ4v) is 8.60. The molecule has 0 bridgehead atoms. The third kappa shape index (κ3) is 5.45. The molecule has 4 heterocycles. The molecule has 0 saturated carbocycles. The van der Waals surface area contributed by atoms with Gasteiger partial charge in [-0.25, -0.2) is 0 Å². The van der Waals surface area contributed by atoms with Crippen LogP contribution in [0.5, 0.6) is 11.8 Å². The normalized spacial score (nSPS) is 15.5. The molecule has 2 aromatic rings. The first-order valence-corrected chi connectivity index (χ1v) is 16.0. The molecule has 2 aromatic heterocycles. The Labute approximate surface area is 223 Å². The molecule has 0 amide bonds. The Morgan fingerprint density at radius 2 is 1.19 bits per heavy atom. The number of pyridine rings is 2. The minimum absolute atomic E-state index is 0.0690. The first-order chi connectivity index (χ1) is 16.9. The van der Waals surface area contributed by atoms with Gasteiger partial charge in [-0.2, -0.15) is 0 Å². The Kier molecular flexibility index (Phi) is 8.07. The minimum Gasteiger partial charge on any atom is -0.494 e. The van der Waals surface area contributed by atoms with Crippen LogP contribution >= 0.6 is 23.5 Å². The summed E-state index contributed by atoms with van der Waals surface area (Å²) in [5, 5.41) is 21.5. The van der Waals surface area contributed by atoms with Crippen LogP contribution in [0.15, 0.2) is 31.5 Å². The third-order valence-corrected chi connectivity index (χ3v) is 10.9. The van der Waals surface area contributed by atoms with Crippen molar-refractivity contribution >= 4 is 34.3 Å². The molecule has 0 saturated heterocycles. The van der Waals surface area contributed by atoms with Gasteiger partial charge in [-0.1, -0.05) is 0 Å². The zero-order valence-corrected chi connectivity index (χ0v) is 23.9. The lowest BCUT2D eigenvalue weighted by molar-refractivity contribution is 0.267. The summed E-state index contributed by atoms with van der Waals surface area (Å²) >= 11 is 3.21. The fourth-order valence-electron chi connectivity index (χ4n) is 5.31. The summed E-state index contributed by atoms with van der Waals surface area (Å²) in [5.41, 5.74) is 0.146. The number of aromatic nitrogens is 2. The Morgan fingerprint density at radius 1 is 0.806 bits per heavy atom. The zero-order valence-electron chi connectivity index (χ0n) is 21.5. The van der Waals surface area contributed by atoms with Gasteiger partial charge in [0.15, 0.2) is 11.8 Å². The SMILES string of the molecule is CC(C)(CCCS(=O)CCCC(C)(C)n1c(O)c2c(cc1=O)SCC2)n1c(O)c2c(cc1=O)SCC2. The summed E-state index contributed by atoms with van der Waals surface area (Å²) < 4.78 is 15.7. The van der Waals surface area contributed by atoms with Crippen LogP contribution in [-0.4, -0.2) is 46.6 Å². The number of aromatic hydroxyl groups is 2. The molecule has 0 unspecified atom stereocenters. The summed E-state index contributed by atoms with van der Waals surface area (Å²) in [6.45, 7) is 7.75. The number of hydrogen-bond acceptors (Lipinski definition) is 7. The van der Waals surface area contributed by atoms with Crippen molar-refractivity contribution in [2.45, 2.75) is 87.1 Å². The number of hydrogen-bond donors (Lipinski definition) is 2. The van der Waals surface area contributed by atoms with Gasteiger partial charge < -0.3 is 10.2 Å². The van der Waals surface area contributed by atoms with Gasteiger partial charge in [0.2, 0.25) is 0 Å². The largest absolute Gasteiger partial charge is 0.494 e. The second-order valence-electron chi connectivity index (χ2n) is 10.8. The van der Waals surface area contributed by atoms with E-state index in [0.29, 0.717) is 37.2 Å². The molecule has 0 aromatic carbocycles. The van der Waals surface area contributed by atoms with E-state index in [1.165, 1.54) is 9.13 Å². The van der Waals surface area contributed by atoms with E-state index in [1.54, 1.807) is 35.7 Å². The Balaban J connectivity index is 1.31. The van der Waals surface area contributed by atoms with Gasteiger partial charge in [-0.15, -0.1) is 23.5 Å². The number of thioether (sulfide) groups is 2. The molecule has 0 fully saturated rings. The van der Waals surface area contributed by atoms with Gasteiger partial charge in [0.25, 0.3) is 11.1 Å². The first kappa shape index (κ1) is 27.4. The smallest absolute Gasteiger partial charge is 0.254 e. The van der Waals surface area contributed by atoms with Crippen molar-refractivity contribution in [3.8, 4) is 11.8 Å². The monoisotopic (exact) mass is 552 g/mol. The lowest BCUT2D eigenvalue weighted by atomic mass is 9.97. The second-order valence-corrected chi connectivity index (χ2v) is 14.8. The van der Waals surface area contributed by atoms with Crippen LogP contribution in [0.25, 0.3) is 0 Å². The molecule has 2 aliphatic heterocycles. The van der Waals surface area contributed by atoms with Gasteiger partial charge >= 0.3 is 0 Å². The molecular weight excluding hydrogens is 516 g/mol. The average molecular weight is 553 g/mol. The number of nitrogens with zero attached hydrogens (tertiary/aromatic N) is 2. The lowest BCUT2D eigenvalue weighted by Gasteiger charge is -2.30. The van der Waals surface area contributed by atoms with E-state index in [1.807, 2.05) is 27.7 Å². The third-order valence-electron chi connectivity index (χ3n) is 7.26. The predicted octanol–water partition coefficient (Wildman–Crippen LogP) is 4.20. The summed E-state index contributed by atoms with van der Waals surface area (Å²) in [4.78, 5) is 27.1. The van der Waals surface area contributed by atoms with Crippen LogP contribution in [0.2, 0.25) is 0 Å². The summed E-state index contributed by atoms with van der Waals surface area (Å²) in [6, 6.07) is 3.24. The second kappa shape index (κ2) is 10.6. The van der Waals surface area contributed by atoms with Gasteiger partial charge in [-0.05, 0) is 66.2 Å². The Morgan fingerprint density at radius 3 is 1.58 bits per heavy atom. The van der Waals surface area contributed by atoms with E-state index in [4.69, 9.17) is 0 Å². The predicted molar refractivity (Wildman–Crippen MR) is 149 cm³/mol. The van der Waals surface area contributed by atoms with E-state index in [9.17, 15) is 24.0 Å². The maximum absolute atomic E-state index is 12.7. The van der Waals surface area contributed by atoms with Crippen LogP contribution in [0.3, 0.4) is 0 Å². The molecule has 2 aliphatic rings. The molecule has 0 atom stereocenters. The fraction of sp³-hybridized carbons (Fsp3) is 0.615. The highest BCUT2D eigenvalue weighted by Crippen LogP contribution is 2.39. The van der Waals surface area contributed by atoms with Crippen LogP contribution in [0.4, 0.5) is 0 Å². The van der Waals surface area contributed by atoms with Crippen molar-refractivity contribution in [3.05, 3.63) is 44.0 Å². The maximum atomic E-state index is 12.7. The van der Waals surface area contributed by atoms with Crippen LogP contribution in [0, 0.1) is 0 Å². The molecule has 10 heteroatoms. The molecule has 4 rings (SSSR count). The van der Waals surface area contributed by atoms with E-state index in [2.05, 4.69) is 0 Å². The molecular formula is C26H36N2O5S3. The molecule has 198 valence electrons. The molecule has 36 heavy (non-hydrogen) atoms. The Bertz CT molecular complexity index is 1200. The van der Waals surface area contributed by atoms with Crippen LogP contribution in [0.1, 0.15) is 64.5 Å². The standard InChI is InChI=1S/C26H36N2O5S3/c1-25(2,27-21(29)15-19-17(23(27)31)7-11-34-19)9-5-13-36(33)14-6-10-26(3,4)28-22(30)16-20-18(24(28)32)8-12-35-20/h15-16,31-32H,5-14H2,1-4H3. The van der Waals surface area contributed by atoms with E-state index < -0.39 is 21.9 Å². The molecule has 2 N–H and O–H groups in total. The van der Waals surface area contributed by atoms with E-state index in [-0.39, 0.29) is 22.9 Å². The van der Waals surface area contributed by atoms with Gasteiger partial charge in [0.05, 0.1) is 0 Å². The topological polar surface area (TPSA) is 102 Å². The molecule has 0 aliphatic carbocycles. The summed E-state index contributed by atoms with van der Waals surface area (Å²) in [6.07, 6.45) is 4.11. The van der Waals surface area contributed by atoms with Crippen molar-refractivity contribution in [2.24, 2.45) is 0 Å². The quantitative estimate of drug-likeness (QED) is 0.456. The lowest BCUT2D eigenvalue weighted by Crippen LogP contribution is -2.37. The van der Waals surface area contributed by atoms with Crippen molar-refractivity contribution in [3.63, 3.8) is 0 Å². The average Bonchev–Trinajstić information content (AvgIpc) is 3.42. The Hall–Kier alpha value is -1.65. The van der Waals surface area contributed by atoms with E-state index >= 15 is 0 Å². The molecule has 7 nitrogen and oxygen atoms in total. The van der Waals surface area contributed by atoms with Crippen molar-refractivity contribution in [1.82, 2.24) is 9.13 Å². The van der Waals surface area contributed by atoms with Gasteiger partial charge in [-0.3, -0.25) is 22.9 Å². The van der Waals surface area contributed by atoms with Crippen LogP contribution in [-0.2, 0) is 34.7 Å². The van der Waals surface area contributed by atoms with Crippen molar-refractivity contribution in [2.75, 3.05) is 23.0 Å². The summed E-state index contributed by atoms with van der Waals surface area (Å²) in [5.74, 6) is 2.92. The maximum Gasteiger partial charge on any atom is 0.254 e. The van der Waals surface area contributed by atoms with Gasteiger partial charge in [0, 0.05) is 77.9 Å². The van der Waals surface area contributed by atoms with Gasteiger partial charge in [0.1, 0.15) is 0 Å². The first-order valence-electron chi connectivity index (χ1n) is 12.5. The van der Waals surface area contributed by atoms with E-state index in [0.717, 1.165) is 45.3 Å². The summed E-state index contributed by atoms with van der Waals surface area (Å²) in [7, 11) is -1.03. The highest BCUT2D eigenvalue weighted by atomic mass is 32.2. The molecule has 0 spiro atoms. The van der Waals surface area contributed by atoms with Crippen LogP contribution < -0.4 is 11.1 Å². The highest BCUT2D eigenvalue weighted by Gasteiger charge is 2.30.